The molecule has 2 nitrogen and oxygen atoms in total. The Hall–Kier alpha value is -3.43. The minimum Gasteiger partial charge on any atom is -0.355 e. The van der Waals surface area contributed by atoms with Gasteiger partial charge in [-0.3, -0.25) is 0 Å². The van der Waals surface area contributed by atoms with Gasteiger partial charge in [-0.25, -0.2) is 4.98 Å². The Morgan fingerprint density at radius 2 is 1.43 bits per heavy atom. The first kappa shape index (κ1) is 15.6. The molecule has 2 heterocycles. The topological polar surface area (TPSA) is 28.7 Å². The van der Waals surface area contributed by atoms with Crippen LogP contribution < -0.4 is 0 Å². The Kier molecular flexibility index (Phi) is 3.37. The van der Waals surface area contributed by atoms with E-state index >= 15 is 0 Å². The van der Waals surface area contributed by atoms with Crippen molar-refractivity contribution in [2.75, 3.05) is 0 Å². The van der Waals surface area contributed by atoms with Crippen molar-refractivity contribution in [1.82, 2.24) is 9.97 Å². The Labute approximate surface area is 166 Å². The third-order valence-electron chi connectivity index (χ3n) is 5.35. The molecule has 0 saturated carbocycles. The van der Waals surface area contributed by atoms with Gasteiger partial charge in [0.05, 0.1) is 15.7 Å². The largest absolute Gasteiger partial charge is 0.355 e. The molecule has 0 unspecified atom stereocenters. The molecular formula is C25H16N2S. The number of benzene rings is 4. The van der Waals surface area contributed by atoms with Gasteiger partial charge in [0.15, 0.2) is 0 Å². The molecule has 0 fully saturated rings. The minimum absolute atomic E-state index is 1.05. The summed E-state index contributed by atoms with van der Waals surface area (Å²) in [4.78, 5) is 8.03. The molecule has 0 radical (unpaired) electrons. The van der Waals surface area contributed by atoms with Crippen molar-refractivity contribution in [2.45, 2.75) is 0 Å². The highest BCUT2D eigenvalue weighted by Crippen LogP contribution is 2.31. The lowest BCUT2D eigenvalue weighted by Gasteiger charge is -2.04. The van der Waals surface area contributed by atoms with Crippen molar-refractivity contribution >= 4 is 43.2 Å². The van der Waals surface area contributed by atoms with Crippen LogP contribution in [0.25, 0.3) is 54.3 Å². The van der Waals surface area contributed by atoms with Gasteiger partial charge in [0.2, 0.25) is 0 Å². The van der Waals surface area contributed by atoms with Crippen LogP contribution >= 0.6 is 11.3 Å². The monoisotopic (exact) mass is 376 g/mol. The zero-order valence-electron chi connectivity index (χ0n) is 15.0. The van der Waals surface area contributed by atoms with Crippen LogP contribution in [0.3, 0.4) is 0 Å². The lowest BCUT2D eigenvalue weighted by atomic mass is 10.0. The number of fused-ring (bicyclic) bond motifs is 3. The van der Waals surface area contributed by atoms with Crippen molar-refractivity contribution in [1.29, 1.82) is 0 Å². The van der Waals surface area contributed by atoms with Crippen LogP contribution in [-0.2, 0) is 0 Å². The number of nitrogens with one attached hydrogen (secondary N) is 1. The van der Waals surface area contributed by atoms with Crippen LogP contribution in [0.4, 0.5) is 0 Å². The quantitative estimate of drug-likeness (QED) is 0.338. The lowest BCUT2D eigenvalue weighted by molar-refractivity contribution is 1.45. The number of aromatic nitrogens is 2. The van der Waals surface area contributed by atoms with Crippen LogP contribution in [-0.4, -0.2) is 9.97 Å². The summed E-state index contributed by atoms with van der Waals surface area (Å²) < 4.78 is 1.22. The van der Waals surface area contributed by atoms with E-state index in [1.807, 2.05) is 5.51 Å². The number of rotatable bonds is 2. The van der Waals surface area contributed by atoms with Gasteiger partial charge in [-0.05, 0) is 52.2 Å². The zero-order chi connectivity index (χ0) is 18.5. The summed E-state index contributed by atoms with van der Waals surface area (Å²) in [6.07, 6.45) is 0. The van der Waals surface area contributed by atoms with Crippen LogP contribution in [0.2, 0.25) is 0 Å². The van der Waals surface area contributed by atoms with Crippen LogP contribution in [0.15, 0.2) is 90.4 Å². The first-order valence-electron chi connectivity index (χ1n) is 9.29. The standard InChI is InChI=1S/C25H16N2S/c1-2-4-17-11-18(6-5-16(17)3-1)19-7-8-20-13-23(27-22(20)12-19)21-9-10-25-24(14-21)26-15-28-25/h1-15,27H. The number of nitrogens with zero attached hydrogens (tertiary/aromatic N) is 1. The zero-order valence-corrected chi connectivity index (χ0v) is 15.8. The molecule has 6 rings (SSSR count). The fraction of sp³-hybridized carbons (Fsp3) is 0. The number of hydrogen-bond acceptors (Lipinski definition) is 2. The highest BCUT2D eigenvalue weighted by molar-refractivity contribution is 7.16. The van der Waals surface area contributed by atoms with Gasteiger partial charge in [0.25, 0.3) is 0 Å². The first-order chi connectivity index (χ1) is 13.8. The van der Waals surface area contributed by atoms with Crippen LogP contribution in [0, 0.1) is 0 Å². The summed E-state index contributed by atoms with van der Waals surface area (Å²) in [5.74, 6) is 0. The summed E-state index contributed by atoms with van der Waals surface area (Å²) in [7, 11) is 0. The van der Waals surface area contributed by atoms with E-state index in [2.05, 4.69) is 94.9 Å². The first-order valence-corrected chi connectivity index (χ1v) is 10.2. The van der Waals surface area contributed by atoms with Crippen molar-refractivity contribution in [2.24, 2.45) is 0 Å². The summed E-state index contributed by atoms with van der Waals surface area (Å²) >= 11 is 1.68. The van der Waals surface area contributed by atoms with E-state index in [0.717, 1.165) is 16.7 Å². The molecule has 0 aliphatic heterocycles. The maximum Gasteiger partial charge on any atom is 0.0818 e. The van der Waals surface area contributed by atoms with Gasteiger partial charge in [0.1, 0.15) is 0 Å². The highest BCUT2D eigenvalue weighted by Gasteiger charge is 2.07. The molecule has 0 saturated heterocycles. The Morgan fingerprint density at radius 1 is 0.643 bits per heavy atom. The van der Waals surface area contributed by atoms with Gasteiger partial charge in [-0.2, -0.15) is 0 Å². The maximum absolute atomic E-state index is 4.44. The van der Waals surface area contributed by atoms with Gasteiger partial charge in [-0.1, -0.05) is 54.6 Å². The van der Waals surface area contributed by atoms with E-state index < -0.39 is 0 Å². The van der Waals surface area contributed by atoms with E-state index in [1.165, 1.54) is 37.5 Å². The van der Waals surface area contributed by atoms with Crippen molar-refractivity contribution in [3.63, 3.8) is 0 Å². The molecular weight excluding hydrogens is 360 g/mol. The second-order valence-electron chi connectivity index (χ2n) is 7.08. The number of aromatic amines is 1. The predicted molar refractivity (Wildman–Crippen MR) is 120 cm³/mol. The number of hydrogen-bond donors (Lipinski definition) is 1. The van der Waals surface area contributed by atoms with Crippen LogP contribution in [0.1, 0.15) is 0 Å². The molecule has 0 aliphatic rings. The number of H-pyrrole nitrogens is 1. The van der Waals surface area contributed by atoms with E-state index in [4.69, 9.17) is 0 Å². The molecule has 0 spiro atoms. The lowest BCUT2D eigenvalue weighted by Crippen LogP contribution is -1.80. The highest BCUT2D eigenvalue weighted by atomic mass is 32.1. The number of thiazole rings is 1. The Bertz CT molecular complexity index is 1470. The third kappa shape index (κ3) is 2.52. The van der Waals surface area contributed by atoms with E-state index in [-0.39, 0.29) is 0 Å². The summed E-state index contributed by atoms with van der Waals surface area (Å²) in [6.45, 7) is 0. The summed E-state index contributed by atoms with van der Waals surface area (Å²) in [5.41, 5.74) is 8.86. The molecule has 0 atom stereocenters. The Morgan fingerprint density at radius 3 is 2.36 bits per heavy atom. The molecule has 6 aromatic rings. The van der Waals surface area contributed by atoms with E-state index in [1.54, 1.807) is 11.3 Å². The second kappa shape index (κ2) is 6.04. The summed E-state index contributed by atoms with van der Waals surface area (Å²) in [5, 5.41) is 3.76. The second-order valence-corrected chi connectivity index (χ2v) is 7.97. The molecule has 1 N–H and O–H groups in total. The summed E-state index contributed by atoms with van der Waals surface area (Å²) in [6, 6.07) is 30.5. The van der Waals surface area contributed by atoms with Gasteiger partial charge in [0, 0.05) is 22.2 Å². The molecule has 4 aromatic carbocycles. The molecule has 0 bridgehead atoms. The van der Waals surface area contributed by atoms with Crippen molar-refractivity contribution < 1.29 is 0 Å². The van der Waals surface area contributed by atoms with Crippen LogP contribution in [0.5, 0.6) is 0 Å². The van der Waals surface area contributed by atoms with Gasteiger partial charge in [-0.15, -0.1) is 11.3 Å². The predicted octanol–water partition coefficient (Wildman–Crippen LogP) is 7.26. The molecule has 3 heteroatoms. The maximum atomic E-state index is 4.44. The van der Waals surface area contributed by atoms with E-state index in [0.29, 0.717) is 0 Å². The minimum atomic E-state index is 1.05. The van der Waals surface area contributed by atoms with Gasteiger partial charge < -0.3 is 4.98 Å². The molecule has 28 heavy (non-hydrogen) atoms. The Balaban J connectivity index is 1.45. The SMILES string of the molecule is c1ccc2cc(-c3ccc4cc(-c5ccc6scnc6c5)[nH]c4c3)ccc2c1. The molecule has 2 aromatic heterocycles. The normalized spacial score (nSPS) is 11.6. The third-order valence-corrected chi connectivity index (χ3v) is 6.16. The molecule has 0 aliphatic carbocycles. The van der Waals surface area contributed by atoms with Gasteiger partial charge >= 0.3 is 0 Å². The van der Waals surface area contributed by atoms with Crippen molar-refractivity contribution in [3.05, 3.63) is 90.4 Å². The van der Waals surface area contributed by atoms with Crippen molar-refractivity contribution in [3.8, 4) is 22.4 Å². The molecule has 132 valence electrons. The fourth-order valence-electron chi connectivity index (χ4n) is 3.86. The average molecular weight is 376 g/mol. The smallest absolute Gasteiger partial charge is 0.0818 e. The fourth-order valence-corrected chi connectivity index (χ4v) is 4.52. The molecule has 0 amide bonds. The average Bonchev–Trinajstić information content (AvgIpc) is 3.39. The van der Waals surface area contributed by atoms with E-state index in [9.17, 15) is 0 Å².